The number of carbonyl (C=O) groups excluding carboxylic acids is 1. The molecule has 1 saturated heterocycles. The Morgan fingerprint density at radius 3 is 2.44 bits per heavy atom. The van der Waals surface area contributed by atoms with E-state index in [1.165, 1.54) is 12.4 Å². The minimum atomic E-state index is -5.05. The summed E-state index contributed by atoms with van der Waals surface area (Å²) in [5.41, 5.74) is -3.15. The molecule has 6 nitrogen and oxygen atoms in total. The smallest absolute Gasteiger partial charge is 0.373 e. The Labute approximate surface area is 152 Å². The predicted octanol–water partition coefficient (Wildman–Crippen LogP) is 2.56. The summed E-state index contributed by atoms with van der Waals surface area (Å²) in [6, 6.07) is 5.88. The van der Waals surface area contributed by atoms with Crippen LogP contribution in [0.5, 0.6) is 0 Å². The van der Waals surface area contributed by atoms with Crippen LogP contribution >= 0.6 is 0 Å². The van der Waals surface area contributed by atoms with E-state index in [0.717, 1.165) is 4.90 Å². The number of benzene rings is 1. The Hall–Kier alpha value is -2.49. The van der Waals surface area contributed by atoms with Crippen molar-refractivity contribution in [1.29, 1.82) is 0 Å². The van der Waals surface area contributed by atoms with E-state index in [-0.39, 0.29) is 24.7 Å². The number of piperidine rings is 1. The average Bonchev–Trinajstić information content (AvgIpc) is 3.10. The zero-order valence-corrected chi connectivity index (χ0v) is 14.4. The van der Waals surface area contributed by atoms with Crippen molar-refractivity contribution in [2.24, 2.45) is 0 Å². The van der Waals surface area contributed by atoms with E-state index in [1.54, 1.807) is 22.8 Å². The number of likely N-dealkylation sites (tertiary alicyclic amines) is 1. The lowest BCUT2D eigenvalue weighted by Gasteiger charge is -2.37. The molecule has 10 heteroatoms. The molecule has 0 aliphatic carbocycles. The van der Waals surface area contributed by atoms with Crippen LogP contribution in [-0.2, 0) is 4.79 Å². The van der Waals surface area contributed by atoms with Crippen LogP contribution in [0.15, 0.2) is 30.6 Å². The van der Waals surface area contributed by atoms with Crippen molar-refractivity contribution in [3.05, 3.63) is 36.4 Å². The Balaban J connectivity index is 1.74. The second kappa shape index (κ2) is 6.91. The lowest BCUT2D eigenvalue weighted by Crippen LogP contribution is -2.57. The topological polar surface area (TPSA) is 71.2 Å². The van der Waals surface area contributed by atoms with Crippen molar-refractivity contribution in [3.8, 4) is 11.4 Å². The largest absolute Gasteiger partial charge is 0.426 e. The normalized spacial score (nSPS) is 18.4. The maximum atomic E-state index is 14.0. The van der Waals surface area contributed by atoms with Gasteiger partial charge in [-0.05, 0) is 31.9 Å². The van der Waals surface area contributed by atoms with E-state index >= 15 is 0 Å². The molecule has 1 atom stereocenters. The third-order valence-electron chi connectivity index (χ3n) is 4.80. The third-order valence-corrected chi connectivity index (χ3v) is 4.80. The molecule has 1 N–H and O–H groups in total. The van der Waals surface area contributed by atoms with Gasteiger partial charge in [0.05, 0.1) is 5.56 Å². The second-order valence-corrected chi connectivity index (χ2v) is 6.64. The highest BCUT2D eigenvalue weighted by molar-refractivity contribution is 5.85. The van der Waals surface area contributed by atoms with Gasteiger partial charge in [-0.25, -0.2) is 4.39 Å². The molecule has 2 heterocycles. The Bertz CT molecular complexity index is 826. The first-order valence-corrected chi connectivity index (χ1v) is 8.36. The van der Waals surface area contributed by atoms with Gasteiger partial charge in [-0.3, -0.25) is 4.79 Å². The van der Waals surface area contributed by atoms with Crippen molar-refractivity contribution in [2.45, 2.75) is 37.6 Å². The fraction of sp³-hybridized carbons (Fsp3) is 0.471. The van der Waals surface area contributed by atoms with Crippen LogP contribution in [0, 0.1) is 5.82 Å². The summed E-state index contributed by atoms with van der Waals surface area (Å²) in [7, 11) is 0. The van der Waals surface area contributed by atoms with E-state index in [4.69, 9.17) is 0 Å². The van der Waals surface area contributed by atoms with Crippen LogP contribution in [0.1, 0.15) is 25.8 Å². The molecule has 1 fully saturated rings. The number of aromatic nitrogens is 3. The molecule has 27 heavy (non-hydrogen) atoms. The van der Waals surface area contributed by atoms with Crippen LogP contribution in [-0.4, -0.2) is 55.5 Å². The van der Waals surface area contributed by atoms with Crippen molar-refractivity contribution in [3.63, 3.8) is 0 Å². The third kappa shape index (κ3) is 3.53. The molecular formula is C17H18F4N4O2. The lowest BCUT2D eigenvalue weighted by atomic mass is 9.99. The minimum absolute atomic E-state index is 0.0324. The van der Waals surface area contributed by atoms with Crippen molar-refractivity contribution < 1.29 is 27.5 Å². The number of hydrogen-bond donors (Lipinski definition) is 1. The molecule has 146 valence electrons. The van der Waals surface area contributed by atoms with Gasteiger partial charge in [-0.2, -0.15) is 13.2 Å². The molecule has 1 aliphatic heterocycles. The molecule has 1 aromatic carbocycles. The number of aliphatic hydroxyl groups is 1. The Morgan fingerprint density at radius 2 is 1.85 bits per heavy atom. The van der Waals surface area contributed by atoms with E-state index in [1.807, 2.05) is 0 Å². The summed E-state index contributed by atoms with van der Waals surface area (Å²) >= 11 is 0. The summed E-state index contributed by atoms with van der Waals surface area (Å²) in [5, 5.41) is 17.3. The maximum absolute atomic E-state index is 14.0. The van der Waals surface area contributed by atoms with Gasteiger partial charge in [-0.1, -0.05) is 12.1 Å². The quantitative estimate of drug-likeness (QED) is 0.823. The zero-order chi connectivity index (χ0) is 19.8. The number of nitrogens with zero attached hydrogens (tertiary/aromatic N) is 4. The fourth-order valence-electron chi connectivity index (χ4n) is 3.12. The first-order chi connectivity index (χ1) is 12.6. The standard InChI is InChI=1S/C17H18F4N4O2/c1-16(27,17(19,20)21)15(26)24-8-6-11(7-9-24)25-10-22-23-14(25)12-4-2-3-5-13(12)18/h2-5,10-11,27H,6-9H2,1H3. The van der Waals surface area contributed by atoms with Crippen LogP contribution < -0.4 is 0 Å². The number of carbonyl (C=O) groups is 1. The molecule has 0 spiro atoms. The maximum Gasteiger partial charge on any atom is 0.426 e. The van der Waals surface area contributed by atoms with Crippen molar-refractivity contribution in [2.75, 3.05) is 13.1 Å². The van der Waals surface area contributed by atoms with Crippen LogP contribution in [0.2, 0.25) is 0 Å². The number of amides is 1. The highest BCUT2D eigenvalue weighted by Gasteiger charge is 2.57. The second-order valence-electron chi connectivity index (χ2n) is 6.64. The van der Waals surface area contributed by atoms with E-state index in [0.29, 0.717) is 25.6 Å². The number of halogens is 4. The van der Waals surface area contributed by atoms with Crippen LogP contribution in [0.3, 0.4) is 0 Å². The van der Waals surface area contributed by atoms with Gasteiger partial charge >= 0.3 is 6.18 Å². The van der Waals surface area contributed by atoms with Crippen LogP contribution in [0.25, 0.3) is 11.4 Å². The van der Waals surface area contributed by atoms with E-state index < -0.39 is 23.5 Å². The molecular weight excluding hydrogens is 368 g/mol. The van der Waals surface area contributed by atoms with Crippen molar-refractivity contribution in [1.82, 2.24) is 19.7 Å². The molecule has 1 aromatic heterocycles. The van der Waals surface area contributed by atoms with Gasteiger partial charge in [0, 0.05) is 19.1 Å². The molecule has 2 aromatic rings. The summed E-state index contributed by atoms with van der Waals surface area (Å²) in [4.78, 5) is 13.1. The zero-order valence-electron chi connectivity index (χ0n) is 14.4. The number of rotatable bonds is 3. The Morgan fingerprint density at radius 1 is 1.22 bits per heavy atom. The van der Waals surface area contributed by atoms with E-state index in [2.05, 4.69) is 10.2 Å². The van der Waals surface area contributed by atoms with Gasteiger partial charge in [0.1, 0.15) is 12.1 Å². The van der Waals surface area contributed by atoms with Gasteiger partial charge in [0.2, 0.25) is 5.60 Å². The molecule has 1 aliphatic rings. The minimum Gasteiger partial charge on any atom is -0.373 e. The average molecular weight is 386 g/mol. The molecule has 0 saturated carbocycles. The summed E-state index contributed by atoms with van der Waals surface area (Å²) in [5.74, 6) is -1.51. The van der Waals surface area contributed by atoms with Gasteiger partial charge in [-0.15, -0.1) is 10.2 Å². The SMILES string of the molecule is CC(O)(C(=O)N1CCC(n2cnnc2-c2ccccc2F)CC1)C(F)(F)F. The summed E-state index contributed by atoms with van der Waals surface area (Å²) < 4.78 is 54.3. The number of alkyl halides is 3. The van der Waals surface area contributed by atoms with Gasteiger partial charge < -0.3 is 14.6 Å². The highest BCUT2D eigenvalue weighted by atomic mass is 19.4. The fourth-order valence-corrected chi connectivity index (χ4v) is 3.12. The van der Waals surface area contributed by atoms with Gasteiger partial charge in [0.15, 0.2) is 5.82 Å². The Kier molecular flexibility index (Phi) is 4.94. The van der Waals surface area contributed by atoms with E-state index in [9.17, 15) is 27.5 Å². The van der Waals surface area contributed by atoms with Crippen LogP contribution in [0.4, 0.5) is 17.6 Å². The number of hydrogen-bond acceptors (Lipinski definition) is 4. The molecule has 1 amide bonds. The first kappa shape index (κ1) is 19.3. The monoisotopic (exact) mass is 386 g/mol. The molecule has 0 radical (unpaired) electrons. The van der Waals surface area contributed by atoms with Gasteiger partial charge in [0.25, 0.3) is 5.91 Å². The predicted molar refractivity (Wildman–Crippen MR) is 86.9 cm³/mol. The summed E-state index contributed by atoms with van der Waals surface area (Å²) in [6.45, 7) is 0.521. The molecule has 3 rings (SSSR count). The molecule has 1 unspecified atom stereocenters. The molecule has 0 bridgehead atoms. The highest BCUT2D eigenvalue weighted by Crippen LogP contribution is 2.34. The lowest BCUT2D eigenvalue weighted by molar-refractivity contribution is -0.250. The van der Waals surface area contributed by atoms with Crippen molar-refractivity contribution >= 4 is 5.91 Å². The summed E-state index contributed by atoms with van der Waals surface area (Å²) in [6.07, 6.45) is -2.94. The first-order valence-electron chi connectivity index (χ1n) is 8.36.